The first-order valence-corrected chi connectivity index (χ1v) is 1.66. The van der Waals surface area contributed by atoms with E-state index < -0.39 is 12.5 Å². The number of amides is 2. The van der Waals surface area contributed by atoms with Crippen LogP contribution in [-0.4, -0.2) is 19.1 Å². The van der Waals surface area contributed by atoms with Crippen molar-refractivity contribution in [1.82, 2.24) is 10.6 Å². The number of hydrogen-bond acceptors (Lipinski definition) is 1. The Bertz CT molecular complexity index is 124. The van der Waals surface area contributed by atoms with Crippen LogP contribution in [0.25, 0.3) is 0 Å². The van der Waals surface area contributed by atoms with Gasteiger partial charge in [0.2, 0.25) is 0 Å². The van der Waals surface area contributed by atoms with Crippen molar-refractivity contribution in [3.63, 3.8) is 0 Å². The third kappa shape index (κ3) is 0.429. The summed E-state index contributed by atoms with van der Waals surface area (Å²) < 4.78 is 13.8. The fraction of sp³-hybridized carbons (Fsp3) is 0.667. The summed E-state index contributed by atoms with van der Waals surface area (Å²) in [5.41, 5.74) is 0. The van der Waals surface area contributed by atoms with E-state index in [-0.39, 0.29) is 6.54 Å². The molecule has 0 bridgehead atoms. The average Bonchev–Trinajstić information content (AvgIpc) is 1.82. The van der Waals surface area contributed by atoms with Crippen molar-refractivity contribution in [3.05, 3.63) is 0 Å². The molecule has 1 aliphatic rings. The number of carbonyl (C=O) groups excluding carboxylic acids is 1. The van der Waals surface area contributed by atoms with Gasteiger partial charge in [0.25, 0.3) is 0 Å². The minimum Gasteiger partial charge on any atom is -0.336 e. The van der Waals surface area contributed by atoms with Gasteiger partial charge in [0.15, 0.2) is 0 Å². The highest BCUT2D eigenvalue weighted by Gasteiger charge is 2.02. The highest BCUT2D eigenvalue weighted by Crippen LogP contribution is 1.69. The Morgan fingerprint density at radius 1 is 1.83 bits per heavy atom. The zero-order valence-corrected chi connectivity index (χ0v) is 3.12. The Hall–Kier alpha value is -0.730. The SMILES string of the molecule is [2H]C1([2H])CNC(=O)N1. The minimum atomic E-state index is -1.54. The summed E-state index contributed by atoms with van der Waals surface area (Å²) in [5, 5.41) is 4.36. The predicted molar refractivity (Wildman–Crippen MR) is 21.4 cm³/mol. The molecule has 1 rings (SSSR count). The van der Waals surface area contributed by atoms with Crippen LogP contribution in [0.2, 0.25) is 0 Å². The fourth-order valence-electron chi connectivity index (χ4n) is 0.293. The normalized spacial score (nSPS) is 33.0. The van der Waals surface area contributed by atoms with Gasteiger partial charge in [-0.1, -0.05) is 0 Å². The average molecular weight is 88.1 g/mol. The standard InChI is InChI=1S/C3H6N2O/c6-3-4-1-2-5-3/h1-2H2,(H2,4,5,6)/i1D2. The van der Waals surface area contributed by atoms with Crippen LogP contribution in [0.15, 0.2) is 0 Å². The summed E-state index contributed by atoms with van der Waals surface area (Å²) in [6.07, 6.45) is 0. The quantitative estimate of drug-likeness (QED) is 0.404. The minimum absolute atomic E-state index is 0.0613. The lowest BCUT2D eigenvalue weighted by atomic mass is 10.7. The molecule has 1 heterocycles. The monoisotopic (exact) mass is 88.1 g/mol. The van der Waals surface area contributed by atoms with Gasteiger partial charge in [-0.25, -0.2) is 4.79 Å². The number of urea groups is 1. The van der Waals surface area contributed by atoms with Gasteiger partial charge in [-0.15, -0.1) is 0 Å². The second-order valence-electron chi connectivity index (χ2n) is 0.984. The highest BCUT2D eigenvalue weighted by atomic mass is 16.2. The summed E-state index contributed by atoms with van der Waals surface area (Å²) in [6, 6.07) is -0.435. The second kappa shape index (κ2) is 1.16. The molecule has 34 valence electrons. The van der Waals surface area contributed by atoms with E-state index in [1.54, 1.807) is 0 Å². The first kappa shape index (κ1) is 1.82. The van der Waals surface area contributed by atoms with E-state index in [0.717, 1.165) is 0 Å². The van der Waals surface area contributed by atoms with E-state index in [9.17, 15) is 4.79 Å². The lowest BCUT2D eigenvalue weighted by molar-refractivity contribution is 0.248. The molecule has 6 heavy (non-hydrogen) atoms. The van der Waals surface area contributed by atoms with Crippen molar-refractivity contribution in [1.29, 1.82) is 0 Å². The molecule has 1 saturated heterocycles. The van der Waals surface area contributed by atoms with Gasteiger partial charge in [-0.2, -0.15) is 0 Å². The van der Waals surface area contributed by atoms with Crippen LogP contribution < -0.4 is 10.6 Å². The third-order valence-electron chi connectivity index (χ3n) is 0.539. The van der Waals surface area contributed by atoms with Crippen molar-refractivity contribution in [2.24, 2.45) is 0 Å². The molecule has 0 saturated carbocycles. The van der Waals surface area contributed by atoms with Crippen LogP contribution in [0.1, 0.15) is 2.74 Å². The van der Waals surface area contributed by atoms with Crippen molar-refractivity contribution in [3.8, 4) is 0 Å². The maximum Gasteiger partial charge on any atom is 0.314 e. The Morgan fingerprint density at radius 3 is 2.83 bits per heavy atom. The van der Waals surface area contributed by atoms with E-state index in [2.05, 4.69) is 10.6 Å². The predicted octanol–water partition coefficient (Wildman–Crippen LogP) is -0.701. The van der Waals surface area contributed by atoms with Crippen molar-refractivity contribution >= 4 is 6.03 Å². The summed E-state index contributed by atoms with van der Waals surface area (Å²) in [4.78, 5) is 10.2. The third-order valence-corrected chi connectivity index (χ3v) is 0.539. The molecule has 0 aromatic rings. The lowest BCUT2D eigenvalue weighted by Crippen LogP contribution is -2.20. The molecule has 0 aromatic heterocycles. The molecular formula is C3H6N2O. The molecule has 1 aliphatic heterocycles. The van der Waals surface area contributed by atoms with Gasteiger partial charge >= 0.3 is 6.03 Å². The number of carbonyl (C=O) groups is 1. The number of hydrogen-bond donors (Lipinski definition) is 2. The van der Waals surface area contributed by atoms with Gasteiger partial charge in [-0.3, -0.25) is 0 Å². The molecule has 2 N–H and O–H groups in total. The maximum atomic E-state index is 10.2. The van der Waals surface area contributed by atoms with Gasteiger partial charge in [-0.05, 0) is 0 Å². The molecule has 2 amide bonds. The van der Waals surface area contributed by atoms with Crippen LogP contribution in [0.3, 0.4) is 0 Å². The highest BCUT2D eigenvalue weighted by molar-refractivity contribution is 5.75. The second-order valence-corrected chi connectivity index (χ2v) is 0.984. The van der Waals surface area contributed by atoms with E-state index >= 15 is 0 Å². The van der Waals surface area contributed by atoms with Gasteiger partial charge in [0, 0.05) is 13.0 Å². The molecule has 0 aliphatic carbocycles. The van der Waals surface area contributed by atoms with E-state index in [1.165, 1.54) is 0 Å². The largest absolute Gasteiger partial charge is 0.336 e. The van der Waals surface area contributed by atoms with Crippen molar-refractivity contribution in [2.45, 2.75) is 0 Å². The lowest BCUT2D eigenvalue weighted by Gasteiger charge is -1.80. The first-order chi connectivity index (χ1) is 3.60. The van der Waals surface area contributed by atoms with Crippen LogP contribution in [0.5, 0.6) is 0 Å². The Kier molecular flexibility index (Phi) is 0.352. The first-order valence-electron chi connectivity index (χ1n) is 2.66. The Labute approximate surface area is 38.5 Å². The summed E-state index contributed by atoms with van der Waals surface area (Å²) >= 11 is 0. The summed E-state index contributed by atoms with van der Waals surface area (Å²) in [7, 11) is 0. The van der Waals surface area contributed by atoms with E-state index in [0.29, 0.717) is 0 Å². The van der Waals surface area contributed by atoms with Gasteiger partial charge < -0.3 is 10.6 Å². The maximum absolute atomic E-state index is 10.2. The van der Waals surface area contributed by atoms with Crippen LogP contribution in [-0.2, 0) is 0 Å². The molecule has 0 unspecified atom stereocenters. The molecule has 3 heteroatoms. The zero-order valence-electron chi connectivity index (χ0n) is 5.12. The topological polar surface area (TPSA) is 41.1 Å². The molecule has 0 radical (unpaired) electrons. The van der Waals surface area contributed by atoms with E-state index in [4.69, 9.17) is 2.74 Å². The molecule has 1 fully saturated rings. The van der Waals surface area contributed by atoms with Crippen molar-refractivity contribution in [2.75, 3.05) is 13.0 Å². The molecule has 0 atom stereocenters. The molecule has 0 aromatic carbocycles. The van der Waals surface area contributed by atoms with Crippen LogP contribution in [0, 0.1) is 0 Å². The zero-order chi connectivity index (χ0) is 6.20. The summed E-state index contributed by atoms with van der Waals surface area (Å²) in [6.45, 7) is -1.48. The molecule has 3 nitrogen and oxygen atoms in total. The van der Waals surface area contributed by atoms with Crippen molar-refractivity contribution < 1.29 is 7.54 Å². The Balaban J connectivity index is 2.56. The summed E-state index contributed by atoms with van der Waals surface area (Å²) in [5.74, 6) is 0. The van der Waals surface area contributed by atoms with Crippen LogP contribution in [0.4, 0.5) is 4.79 Å². The van der Waals surface area contributed by atoms with Gasteiger partial charge in [0.05, 0.1) is 2.74 Å². The Morgan fingerprint density at radius 2 is 2.67 bits per heavy atom. The molecular weight excluding hydrogens is 80.0 g/mol. The van der Waals surface area contributed by atoms with Crippen LogP contribution >= 0.6 is 0 Å². The fourth-order valence-corrected chi connectivity index (χ4v) is 0.293. The number of nitrogens with one attached hydrogen (secondary N) is 2. The number of rotatable bonds is 0. The van der Waals surface area contributed by atoms with E-state index in [1.807, 2.05) is 0 Å². The van der Waals surface area contributed by atoms with Gasteiger partial charge in [0.1, 0.15) is 0 Å². The molecule has 0 spiro atoms. The smallest absolute Gasteiger partial charge is 0.314 e.